The van der Waals surface area contributed by atoms with Crippen LogP contribution >= 0.6 is 0 Å². The van der Waals surface area contributed by atoms with Crippen LogP contribution < -0.4 is 0 Å². The summed E-state index contributed by atoms with van der Waals surface area (Å²) in [7, 11) is 0. The van der Waals surface area contributed by atoms with Crippen LogP contribution in [0.15, 0.2) is 42.0 Å². The molecular formula is C16H22O3. The number of ether oxygens (including phenoxy) is 2. The van der Waals surface area contributed by atoms with Gasteiger partial charge in [-0.05, 0) is 32.3 Å². The Morgan fingerprint density at radius 3 is 2.68 bits per heavy atom. The summed E-state index contributed by atoms with van der Waals surface area (Å²) in [6.45, 7) is 5.35. The molecule has 0 N–H and O–H groups in total. The minimum Gasteiger partial charge on any atom is -0.463 e. The predicted octanol–water partition coefficient (Wildman–Crippen LogP) is 3.49. The van der Waals surface area contributed by atoms with Crippen molar-refractivity contribution >= 4 is 5.97 Å². The van der Waals surface area contributed by atoms with Crippen molar-refractivity contribution in [1.82, 2.24) is 0 Å². The van der Waals surface area contributed by atoms with Crippen molar-refractivity contribution in [3.8, 4) is 0 Å². The molecule has 19 heavy (non-hydrogen) atoms. The standard InChI is InChI=1S/C16H22O3/c1-3-19-16(17)14(2)9-7-8-12-18-13-15-10-5-4-6-11-15/h4-6,9-11H,3,7-8,12-13H2,1-2H3. The summed E-state index contributed by atoms with van der Waals surface area (Å²) in [4.78, 5) is 11.3. The number of carbonyl (C=O) groups is 1. The van der Waals surface area contributed by atoms with Crippen molar-refractivity contribution in [1.29, 1.82) is 0 Å². The van der Waals surface area contributed by atoms with Crippen LogP contribution in [0.2, 0.25) is 0 Å². The van der Waals surface area contributed by atoms with E-state index in [0.717, 1.165) is 12.8 Å². The molecule has 0 amide bonds. The molecular weight excluding hydrogens is 240 g/mol. The Morgan fingerprint density at radius 1 is 1.26 bits per heavy atom. The van der Waals surface area contributed by atoms with E-state index < -0.39 is 0 Å². The lowest BCUT2D eigenvalue weighted by atomic mass is 10.2. The summed E-state index contributed by atoms with van der Waals surface area (Å²) in [5, 5.41) is 0. The van der Waals surface area contributed by atoms with Crippen LogP contribution in [-0.4, -0.2) is 19.2 Å². The van der Waals surface area contributed by atoms with Crippen LogP contribution in [0.3, 0.4) is 0 Å². The fourth-order valence-corrected chi connectivity index (χ4v) is 1.60. The third-order valence-corrected chi connectivity index (χ3v) is 2.65. The first-order valence-electron chi connectivity index (χ1n) is 6.69. The second-order valence-corrected chi connectivity index (χ2v) is 4.29. The SMILES string of the molecule is CCOC(=O)C(C)=CCCCOCc1ccccc1. The van der Waals surface area contributed by atoms with Crippen molar-refractivity contribution in [2.24, 2.45) is 0 Å². The average Bonchev–Trinajstić information content (AvgIpc) is 2.43. The monoisotopic (exact) mass is 262 g/mol. The highest BCUT2D eigenvalue weighted by molar-refractivity contribution is 5.87. The summed E-state index contributed by atoms with van der Waals surface area (Å²) >= 11 is 0. The van der Waals surface area contributed by atoms with Crippen molar-refractivity contribution in [3.63, 3.8) is 0 Å². The first-order valence-corrected chi connectivity index (χ1v) is 6.69. The van der Waals surface area contributed by atoms with Gasteiger partial charge < -0.3 is 9.47 Å². The van der Waals surface area contributed by atoms with Gasteiger partial charge in [0.25, 0.3) is 0 Å². The smallest absolute Gasteiger partial charge is 0.333 e. The Balaban J connectivity index is 2.11. The molecule has 0 spiro atoms. The number of allylic oxidation sites excluding steroid dienone is 1. The number of hydrogen-bond donors (Lipinski definition) is 0. The average molecular weight is 262 g/mol. The lowest BCUT2D eigenvalue weighted by molar-refractivity contribution is -0.138. The molecule has 0 unspecified atom stereocenters. The Kier molecular flexibility index (Phi) is 7.59. The van der Waals surface area contributed by atoms with Gasteiger partial charge in [-0.1, -0.05) is 36.4 Å². The highest BCUT2D eigenvalue weighted by Crippen LogP contribution is 2.04. The van der Waals surface area contributed by atoms with E-state index in [1.165, 1.54) is 5.56 Å². The topological polar surface area (TPSA) is 35.5 Å². The van der Waals surface area contributed by atoms with Gasteiger partial charge in [-0.15, -0.1) is 0 Å². The maximum Gasteiger partial charge on any atom is 0.333 e. The van der Waals surface area contributed by atoms with Gasteiger partial charge in [0.15, 0.2) is 0 Å². The maximum absolute atomic E-state index is 11.3. The number of rotatable bonds is 8. The van der Waals surface area contributed by atoms with Gasteiger partial charge in [0.2, 0.25) is 0 Å². The molecule has 3 nitrogen and oxygen atoms in total. The van der Waals surface area contributed by atoms with Gasteiger partial charge >= 0.3 is 5.97 Å². The van der Waals surface area contributed by atoms with E-state index in [1.54, 1.807) is 6.92 Å². The summed E-state index contributed by atoms with van der Waals surface area (Å²) < 4.78 is 10.5. The molecule has 1 aromatic rings. The molecule has 0 heterocycles. The molecule has 0 saturated carbocycles. The van der Waals surface area contributed by atoms with Crippen LogP contribution in [0.5, 0.6) is 0 Å². The zero-order chi connectivity index (χ0) is 13.9. The molecule has 0 saturated heterocycles. The number of benzene rings is 1. The number of esters is 1. The van der Waals surface area contributed by atoms with E-state index >= 15 is 0 Å². The Labute approximate surface area is 115 Å². The molecule has 0 radical (unpaired) electrons. The van der Waals surface area contributed by atoms with Gasteiger partial charge in [0.05, 0.1) is 13.2 Å². The summed E-state index contributed by atoms with van der Waals surface area (Å²) in [5.41, 5.74) is 1.85. The second kappa shape index (κ2) is 9.34. The van der Waals surface area contributed by atoms with Crippen molar-refractivity contribution < 1.29 is 14.3 Å². The quantitative estimate of drug-likeness (QED) is 0.408. The van der Waals surface area contributed by atoms with Crippen LogP contribution in [0.4, 0.5) is 0 Å². The highest BCUT2D eigenvalue weighted by atomic mass is 16.5. The number of unbranched alkanes of at least 4 members (excludes halogenated alkanes) is 1. The van der Waals surface area contributed by atoms with Crippen molar-refractivity contribution in [2.75, 3.05) is 13.2 Å². The molecule has 104 valence electrons. The Bertz CT molecular complexity index is 396. The molecule has 0 aromatic heterocycles. The summed E-state index contributed by atoms with van der Waals surface area (Å²) in [5.74, 6) is -0.229. The second-order valence-electron chi connectivity index (χ2n) is 4.29. The van der Waals surface area contributed by atoms with E-state index in [-0.39, 0.29) is 5.97 Å². The van der Waals surface area contributed by atoms with Gasteiger partial charge in [-0.3, -0.25) is 0 Å². The largest absolute Gasteiger partial charge is 0.463 e. The van der Waals surface area contributed by atoms with E-state index in [0.29, 0.717) is 25.4 Å². The van der Waals surface area contributed by atoms with Crippen molar-refractivity contribution in [3.05, 3.63) is 47.5 Å². The van der Waals surface area contributed by atoms with Crippen molar-refractivity contribution in [2.45, 2.75) is 33.3 Å². The Hall–Kier alpha value is -1.61. The first-order chi connectivity index (χ1) is 9.24. The van der Waals surface area contributed by atoms with Gasteiger partial charge in [-0.25, -0.2) is 4.79 Å². The van der Waals surface area contributed by atoms with E-state index in [1.807, 2.05) is 43.3 Å². The van der Waals surface area contributed by atoms with E-state index in [2.05, 4.69) is 0 Å². The molecule has 0 fully saturated rings. The summed E-state index contributed by atoms with van der Waals surface area (Å²) in [6.07, 6.45) is 3.65. The lowest BCUT2D eigenvalue weighted by Crippen LogP contribution is -2.05. The molecule has 0 aliphatic heterocycles. The number of hydrogen-bond acceptors (Lipinski definition) is 3. The maximum atomic E-state index is 11.3. The third kappa shape index (κ3) is 6.77. The molecule has 0 aliphatic carbocycles. The Morgan fingerprint density at radius 2 is 2.00 bits per heavy atom. The minimum atomic E-state index is -0.229. The molecule has 0 bridgehead atoms. The fourth-order valence-electron chi connectivity index (χ4n) is 1.60. The predicted molar refractivity (Wildman–Crippen MR) is 75.7 cm³/mol. The first kappa shape index (κ1) is 15.4. The van der Waals surface area contributed by atoms with E-state index in [4.69, 9.17) is 9.47 Å². The van der Waals surface area contributed by atoms with Gasteiger partial charge in [0.1, 0.15) is 0 Å². The lowest BCUT2D eigenvalue weighted by Gasteiger charge is -2.04. The molecule has 1 aromatic carbocycles. The molecule has 0 aliphatic rings. The summed E-state index contributed by atoms with van der Waals surface area (Å²) in [6, 6.07) is 10.1. The fraction of sp³-hybridized carbons (Fsp3) is 0.438. The minimum absolute atomic E-state index is 0.229. The third-order valence-electron chi connectivity index (χ3n) is 2.65. The zero-order valence-corrected chi connectivity index (χ0v) is 11.7. The van der Waals surface area contributed by atoms with Crippen LogP contribution in [0.1, 0.15) is 32.3 Å². The highest BCUT2D eigenvalue weighted by Gasteiger charge is 2.02. The molecule has 0 atom stereocenters. The van der Waals surface area contributed by atoms with Gasteiger partial charge in [-0.2, -0.15) is 0 Å². The van der Waals surface area contributed by atoms with Crippen LogP contribution in [0.25, 0.3) is 0 Å². The van der Waals surface area contributed by atoms with Gasteiger partial charge in [0, 0.05) is 12.2 Å². The van der Waals surface area contributed by atoms with Crippen LogP contribution in [-0.2, 0) is 20.9 Å². The molecule has 1 rings (SSSR count). The zero-order valence-electron chi connectivity index (χ0n) is 11.7. The normalized spacial score (nSPS) is 11.4. The number of carbonyl (C=O) groups excluding carboxylic acids is 1. The van der Waals surface area contributed by atoms with Crippen LogP contribution in [0, 0.1) is 0 Å². The molecule has 3 heteroatoms. The van der Waals surface area contributed by atoms with E-state index in [9.17, 15) is 4.79 Å².